The van der Waals surface area contributed by atoms with E-state index in [1.807, 2.05) is 6.07 Å². The molecule has 2 unspecified atom stereocenters. The zero-order valence-electron chi connectivity index (χ0n) is 11.1. The van der Waals surface area contributed by atoms with Gasteiger partial charge in [0, 0.05) is 31.2 Å². The summed E-state index contributed by atoms with van der Waals surface area (Å²) in [5, 5.41) is 0. The Kier molecular flexibility index (Phi) is 3.43. The lowest BCUT2D eigenvalue weighted by Crippen LogP contribution is -2.36. The van der Waals surface area contributed by atoms with Gasteiger partial charge in [0.05, 0.1) is 15.8 Å². The highest BCUT2D eigenvalue weighted by Gasteiger charge is 2.35. The molecule has 19 heavy (non-hydrogen) atoms. The van der Waals surface area contributed by atoms with E-state index in [0.717, 1.165) is 25.2 Å². The van der Waals surface area contributed by atoms with Crippen LogP contribution in [0.5, 0.6) is 0 Å². The molecule has 2 N–H and O–H groups in total. The summed E-state index contributed by atoms with van der Waals surface area (Å²) in [5.74, 6) is -0.297. The Morgan fingerprint density at radius 2 is 2.00 bits per heavy atom. The summed E-state index contributed by atoms with van der Waals surface area (Å²) in [6.45, 7) is 1.98. The molecule has 5 heteroatoms. The molecule has 0 amide bonds. The third-order valence-corrected chi connectivity index (χ3v) is 5.17. The monoisotopic (exact) mass is 327 g/mol. The molecule has 2 saturated heterocycles. The minimum absolute atomic E-state index is 0.297. The lowest BCUT2D eigenvalue weighted by Gasteiger charge is -2.28. The molecule has 3 nitrogen and oxygen atoms in total. The van der Waals surface area contributed by atoms with Gasteiger partial charge < -0.3 is 10.6 Å². The van der Waals surface area contributed by atoms with Crippen LogP contribution in [-0.2, 0) is 0 Å². The molecule has 3 rings (SSSR count). The average molecular weight is 328 g/mol. The van der Waals surface area contributed by atoms with Gasteiger partial charge in [0.2, 0.25) is 0 Å². The smallest absolute Gasteiger partial charge is 0.139 e. The Hall–Kier alpha value is -0.810. The predicted octanol–water partition coefficient (Wildman–Crippen LogP) is 2.84. The zero-order valence-corrected chi connectivity index (χ0v) is 12.7. The lowest BCUT2D eigenvalue weighted by molar-refractivity contribution is 0.254. The first-order chi connectivity index (χ1) is 9.06. The highest BCUT2D eigenvalue weighted by atomic mass is 79.9. The van der Waals surface area contributed by atoms with Crippen molar-refractivity contribution in [1.82, 2.24) is 4.90 Å². The molecule has 0 spiro atoms. The third kappa shape index (κ3) is 2.34. The Labute approximate surface area is 121 Å². The molecule has 0 aromatic heterocycles. The van der Waals surface area contributed by atoms with Gasteiger partial charge in [-0.2, -0.15) is 0 Å². The van der Waals surface area contributed by atoms with Crippen molar-refractivity contribution in [2.24, 2.45) is 0 Å². The molecule has 2 atom stereocenters. The van der Waals surface area contributed by atoms with Gasteiger partial charge in [-0.3, -0.25) is 4.90 Å². The molecule has 1 aromatic rings. The average Bonchev–Trinajstić information content (AvgIpc) is 2.59. The van der Waals surface area contributed by atoms with E-state index >= 15 is 0 Å². The number of benzene rings is 1. The summed E-state index contributed by atoms with van der Waals surface area (Å²) in [6.07, 6.45) is 3.71. The number of anilines is 2. The van der Waals surface area contributed by atoms with E-state index in [0.29, 0.717) is 22.2 Å². The number of fused-ring (bicyclic) bond motifs is 2. The lowest BCUT2D eigenvalue weighted by atomic mass is 10.1. The molecule has 0 radical (unpaired) electrons. The van der Waals surface area contributed by atoms with Crippen LogP contribution in [0.25, 0.3) is 0 Å². The van der Waals surface area contributed by atoms with Crippen LogP contribution in [0, 0.1) is 5.82 Å². The van der Waals surface area contributed by atoms with Crippen LogP contribution in [0.2, 0.25) is 0 Å². The maximum atomic E-state index is 13.5. The van der Waals surface area contributed by atoms with Crippen LogP contribution in [0.1, 0.15) is 19.3 Å². The fourth-order valence-corrected chi connectivity index (χ4v) is 3.68. The number of likely N-dealkylation sites (N-methyl/N-ethyl adjacent to an activating group) is 1. The van der Waals surface area contributed by atoms with Crippen molar-refractivity contribution in [2.75, 3.05) is 30.8 Å². The van der Waals surface area contributed by atoms with Gasteiger partial charge in [-0.1, -0.05) is 0 Å². The predicted molar refractivity (Wildman–Crippen MR) is 79.9 cm³/mol. The summed E-state index contributed by atoms with van der Waals surface area (Å²) >= 11 is 3.25. The van der Waals surface area contributed by atoms with Crippen molar-refractivity contribution < 1.29 is 4.39 Å². The molecule has 0 saturated carbocycles. The van der Waals surface area contributed by atoms with Crippen LogP contribution >= 0.6 is 15.9 Å². The van der Waals surface area contributed by atoms with Crippen LogP contribution in [-0.4, -0.2) is 37.1 Å². The fourth-order valence-electron chi connectivity index (χ4n) is 3.35. The molecule has 2 fully saturated rings. The van der Waals surface area contributed by atoms with Gasteiger partial charge in [-0.15, -0.1) is 0 Å². The summed E-state index contributed by atoms with van der Waals surface area (Å²) in [5.41, 5.74) is 7.47. The van der Waals surface area contributed by atoms with E-state index in [2.05, 4.69) is 32.8 Å². The van der Waals surface area contributed by atoms with E-state index in [-0.39, 0.29) is 5.82 Å². The molecule has 104 valence electrons. The van der Waals surface area contributed by atoms with E-state index < -0.39 is 0 Å². The second kappa shape index (κ2) is 4.94. The van der Waals surface area contributed by atoms with E-state index in [1.54, 1.807) is 0 Å². The molecule has 0 aliphatic carbocycles. The van der Waals surface area contributed by atoms with Crippen molar-refractivity contribution in [3.05, 3.63) is 22.4 Å². The second-order valence-corrected chi connectivity index (χ2v) is 6.46. The largest absolute Gasteiger partial charge is 0.397 e. The molecule has 2 aliphatic heterocycles. The van der Waals surface area contributed by atoms with Crippen molar-refractivity contribution in [3.8, 4) is 0 Å². The maximum absolute atomic E-state index is 13.5. The van der Waals surface area contributed by atoms with Crippen molar-refractivity contribution in [1.29, 1.82) is 0 Å². The fraction of sp³-hybridized carbons (Fsp3) is 0.571. The van der Waals surface area contributed by atoms with Crippen molar-refractivity contribution in [3.63, 3.8) is 0 Å². The van der Waals surface area contributed by atoms with Crippen LogP contribution in [0.15, 0.2) is 16.6 Å². The maximum Gasteiger partial charge on any atom is 0.139 e. The quantitative estimate of drug-likeness (QED) is 0.805. The van der Waals surface area contributed by atoms with Crippen LogP contribution < -0.4 is 10.6 Å². The highest BCUT2D eigenvalue weighted by molar-refractivity contribution is 9.10. The number of hydrogen-bond acceptors (Lipinski definition) is 3. The standard InChI is InChI=1S/C14H19BrFN3/c1-18-9-2-3-10(18)8-19(5-4-9)14-6-11(15)12(16)7-13(14)17/h6-7,9-10H,2-5,8,17H2,1H3. The van der Waals surface area contributed by atoms with Gasteiger partial charge in [0.25, 0.3) is 0 Å². The highest BCUT2D eigenvalue weighted by Crippen LogP contribution is 2.35. The number of rotatable bonds is 1. The summed E-state index contributed by atoms with van der Waals surface area (Å²) in [7, 11) is 2.22. The van der Waals surface area contributed by atoms with Crippen LogP contribution in [0.4, 0.5) is 15.8 Å². The molecule has 2 aliphatic rings. The molecular formula is C14H19BrFN3. The number of nitrogens with zero attached hydrogens (tertiary/aromatic N) is 2. The molecular weight excluding hydrogens is 309 g/mol. The van der Waals surface area contributed by atoms with Crippen molar-refractivity contribution in [2.45, 2.75) is 31.3 Å². The Balaban J connectivity index is 1.89. The first kappa shape index (κ1) is 13.2. The van der Waals surface area contributed by atoms with Gasteiger partial charge in [0.15, 0.2) is 0 Å². The second-order valence-electron chi connectivity index (χ2n) is 5.61. The number of hydrogen-bond donors (Lipinski definition) is 1. The third-order valence-electron chi connectivity index (χ3n) is 4.56. The Bertz CT molecular complexity index is 494. The SMILES string of the molecule is CN1C2CCC1CN(c1cc(Br)c(F)cc1N)CC2. The van der Waals surface area contributed by atoms with Crippen LogP contribution in [0.3, 0.4) is 0 Å². The van der Waals surface area contributed by atoms with Crippen molar-refractivity contribution >= 4 is 27.3 Å². The molecule has 2 heterocycles. The van der Waals surface area contributed by atoms with Gasteiger partial charge >= 0.3 is 0 Å². The van der Waals surface area contributed by atoms with Gasteiger partial charge in [-0.05, 0) is 48.3 Å². The first-order valence-corrected chi connectivity index (χ1v) is 7.57. The summed E-state index contributed by atoms with van der Waals surface area (Å²) in [6, 6.07) is 4.51. The molecule has 2 bridgehead atoms. The first-order valence-electron chi connectivity index (χ1n) is 6.77. The van der Waals surface area contributed by atoms with E-state index in [4.69, 9.17) is 5.73 Å². The summed E-state index contributed by atoms with van der Waals surface area (Å²) < 4.78 is 14.0. The normalized spacial score (nSPS) is 27.6. The van der Waals surface area contributed by atoms with E-state index in [1.165, 1.54) is 18.9 Å². The Morgan fingerprint density at radius 3 is 2.79 bits per heavy atom. The minimum atomic E-state index is -0.297. The topological polar surface area (TPSA) is 32.5 Å². The summed E-state index contributed by atoms with van der Waals surface area (Å²) in [4.78, 5) is 4.80. The van der Waals surface area contributed by atoms with E-state index in [9.17, 15) is 4.39 Å². The van der Waals surface area contributed by atoms with Gasteiger partial charge in [0.1, 0.15) is 5.82 Å². The Morgan fingerprint density at radius 1 is 1.26 bits per heavy atom. The number of halogens is 2. The van der Waals surface area contributed by atoms with Gasteiger partial charge in [-0.25, -0.2) is 4.39 Å². The zero-order chi connectivity index (χ0) is 13.6. The minimum Gasteiger partial charge on any atom is -0.397 e. The molecule has 1 aromatic carbocycles. The number of nitrogen functional groups attached to an aromatic ring is 1. The number of nitrogens with two attached hydrogens (primary N) is 1.